The van der Waals surface area contributed by atoms with E-state index in [9.17, 15) is 9.59 Å². The van der Waals surface area contributed by atoms with Gasteiger partial charge in [0.25, 0.3) is 5.91 Å². The maximum atomic E-state index is 12.5. The van der Waals surface area contributed by atoms with Gasteiger partial charge in [0.15, 0.2) is 15.8 Å². The number of thioether (sulfide) groups is 1. The van der Waals surface area contributed by atoms with Crippen molar-refractivity contribution in [3.63, 3.8) is 0 Å². The fourth-order valence-electron chi connectivity index (χ4n) is 2.36. The van der Waals surface area contributed by atoms with Crippen molar-refractivity contribution in [1.82, 2.24) is 10.2 Å². The van der Waals surface area contributed by atoms with Gasteiger partial charge in [-0.3, -0.25) is 14.9 Å². The average Bonchev–Trinajstić information content (AvgIpc) is 3.21. The molecule has 0 saturated carbocycles. The van der Waals surface area contributed by atoms with Crippen LogP contribution in [-0.2, 0) is 4.79 Å². The van der Waals surface area contributed by atoms with E-state index in [1.807, 2.05) is 0 Å². The Bertz CT molecular complexity index is 1110. The second-order valence-corrected chi connectivity index (χ2v) is 8.88. The van der Waals surface area contributed by atoms with Crippen LogP contribution in [0.1, 0.15) is 10.4 Å². The van der Waals surface area contributed by atoms with Gasteiger partial charge in [-0.1, -0.05) is 46.3 Å². The molecule has 0 aliphatic heterocycles. The van der Waals surface area contributed by atoms with E-state index in [-0.39, 0.29) is 17.6 Å². The number of aromatic nitrogens is 2. The van der Waals surface area contributed by atoms with Gasteiger partial charge < -0.3 is 14.8 Å². The summed E-state index contributed by atoms with van der Waals surface area (Å²) in [6.07, 6.45) is 0. The quantitative estimate of drug-likeness (QED) is 0.338. The Hall–Kier alpha value is -2.53. The predicted octanol–water partition coefficient (Wildman–Crippen LogP) is 4.85. The van der Waals surface area contributed by atoms with Crippen molar-refractivity contribution in [2.45, 2.75) is 4.34 Å². The molecule has 0 saturated heterocycles. The molecule has 0 bridgehead atoms. The third-order valence-corrected chi connectivity index (χ3v) is 6.51. The molecule has 3 rings (SSSR count). The van der Waals surface area contributed by atoms with Crippen LogP contribution in [0.3, 0.4) is 0 Å². The van der Waals surface area contributed by atoms with E-state index in [0.29, 0.717) is 42.3 Å². The van der Waals surface area contributed by atoms with E-state index in [1.54, 1.807) is 36.4 Å². The second kappa shape index (κ2) is 10.7. The minimum Gasteiger partial charge on any atom is -0.493 e. The Morgan fingerprint density at radius 2 is 1.77 bits per heavy atom. The SMILES string of the molecule is COc1ccc(C(=O)Nc2nnc(SCC(=O)Nc3ccc(Cl)c(Cl)c3)s2)cc1OC. The van der Waals surface area contributed by atoms with E-state index < -0.39 is 0 Å². The molecule has 1 heterocycles. The number of ether oxygens (including phenoxy) is 2. The summed E-state index contributed by atoms with van der Waals surface area (Å²) in [4.78, 5) is 24.6. The summed E-state index contributed by atoms with van der Waals surface area (Å²) in [7, 11) is 3.01. The van der Waals surface area contributed by atoms with Gasteiger partial charge in [0.05, 0.1) is 30.0 Å². The number of rotatable bonds is 8. The van der Waals surface area contributed by atoms with Crippen molar-refractivity contribution in [2.75, 3.05) is 30.6 Å². The zero-order valence-electron chi connectivity index (χ0n) is 16.3. The summed E-state index contributed by atoms with van der Waals surface area (Å²) < 4.78 is 10.9. The zero-order chi connectivity index (χ0) is 22.4. The Balaban J connectivity index is 1.54. The zero-order valence-corrected chi connectivity index (χ0v) is 19.4. The fourth-order valence-corrected chi connectivity index (χ4v) is 4.21. The van der Waals surface area contributed by atoms with Gasteiger partial charge in [-0.25, -0.2) is 0 Å². The molecular formula is C19H16Cl2N4O4S2. The van der Waals surface area contributed by atoms with Crippen molar-refractivity contribution >= 4 is 68.9 Å². The first-order valence-electron chi connectivity index (χ1n) is 8.64. The number of amides is 2. The summed E-state index contributed by atoms with van der Waals surface area (Å²) in [6.45, 7) is 0. The molecule has 0 unspecified atom stereocenters. The molecule has 2 N–H and O–H groups in total. The molecule has 0 aliphatic rings. The first kappa shape index (κ1) is 23.1. The molecule has 2 aromatic carbocycles. The highest BCUT2D eigenvalue weighted by atomic mass is 35.5. The van der Waals surface area contributed by atoms with Gasteiger partial charge in [0.2, 0.25) is 11.0 Å². The lowest BCUT2D eigenvalue weighted by molar-refractivity contribution is -0.113. The van der Waals surface area contributed by atoms with Crippen molar-refractivity contribution in [3.05, 3.63) is 52.0 Å². The van der Waals surface area contributed by atoms with Crippen LogP contribution in [0.2, 0.25) is 10.0 Å². The number of benzene rings is 2. The number of hydrogen-bond acceptors (Lipinski definition) is 8. The van der Waals surface area contributed by atoms with Crippen LogP contribution in [-0.4, -0.2) is 42.0 Å². The van der Waals surface area contributed by atoms with E-state index in [2.05, 4.69) is 20.8 Å². The van der Waals surface area contributed by atoms with Crippen molar-refractivity contribution in [2.24, 2.45) is 0 Å². The minimum absolute atomic E-state index is 0.110. The highest BCUT2D eigenvalue weighted by Gasteiger charge is 2.14. The Morgan fingerprint density at radius 3 is 2.48 bits per heavy atom. The van der Waals surface area contributed by atoms with Crippen LogP contribution in [0.5, 0.6) is 11.5 Å². The normalized spacial score (nSPS) is 10.5. The van der Waals surface area contributed by atoms with Crippen molar-refractivity contribution < 1.29 is 19.1 Å². The number of hydrogen-bond donors (Lipinski definition) is 2. The molecular weight excluding hydrogens is 483 g/mol. The number of carbonyl (C=O) groups is 2. The van der Waals surface area contributed by atoms with Gasteiger partial charge in [-0.05, 0) is 36.4 Å². The third kappa shape index (κ3) is 6.23. The highest BCUT2D eigenvalue weighted by Crippen LogP contribution is 2.29. The van der Waals surface area contributed by atoms with Gasteiger partial charge in [-0.2, -0.15) is 0 Å². The average molecular weight is 499 g/mol. The molecule has 0 atom stereocenters. The maximum Gasteiger partial charge on any atom is 0.257 e. The van der Waals surface area contributed by atoms with E-state index in [4.69, 9.17) is 32.7 Å². The first-order valence-corrected chi connectivity index (χ1v) is 11.2. The van der Waals surface area contributed by atoms with Gasteiger partial charge in [0.1, 0.15) is 0 Å². The maximum absolute atomic E-state index is 12.5. The number of nitrogens with zero attached hydrogens (tertiary/aromatic N) is 2. The first-order chi connectivity index (χ1) is 14.9. The predicted molar refractivity (Wildman–Crippen MR) is 123 cm³/mol. The van der Waals surface area contributed by atoms with E-state index in [0.717, 1.165) is 11.3 Å². The highest BCUT2D eigenvalue weighted by molar-refractivity contribution is 8.01. The lowest BCUT2D eigenvalue weighted by Gasteiger charge is -2.08. The lowest BCUT2D eigenvalue weighted by Crippen LogP contribution is -2.13. The monoisotopic (exact) mass is 498 g/mol. The summed E-state index contributed by atoms with van der Waals surface area (Å²) in [5.41, 5.74) is 0.920. The van der Waals surface area contributed by atoms with E-state index >= 15 is 0 Å². The van der Waals surface area contributed by atoms with Crippen LogP contribution in [0.4, 0.5) is 10.8 Å². The van der Waals surface area contributed by atoms with Gasteiger partial charge in [0, 0.05) is 11.3 Å². The molecule has 162 valence electrons. The van der Waals surface area contributed by atoms with E-state index in [1.165, 1.54) is 26.0 Å². The molecule has 3 aromatic rings. The fraction of sp³-hybridized carbons (Fsp3) is 0.158. The Morgan fingerprint density at radius 1 is 1.00 bits per heavy atom. The van der Waals surface area contributed by atoms with Crippen molar-refractivity contribution in [3.8, 4) is 11.5 Å². The van der Waals surface area contributed by atoms with Crippen LogP contribution in [0.15, 0.2) is 40.7 Å². The van der Waals surface area contributed by atoms with Crippen LogP contribution in [0.25, 0.3) is 0 Å². The molecule has 8 nitrogen and oxygen atoms in total. The van der Waals surface area contributed by atoms with Crippen LogP contribution in [0, 0.1) is 0 Å². The number of carbonyl (C=O) groups excluding carboxylic acids is 2. The smallest absolute Gasteiger partial charge is 0.257 e. The lowest BCUT2D eigenvalue weighted by atomic mass is 10.2. The molecule has 31 heavy (non-hydrogen) atoms. The number of anilines is 2. The summed E-state index contributed by atoms with van der Waals surface area (Å²) >= 11 is 14.2. The number of nitrogens with one attached hydrogen (secondary N) is 2. The molecule has 0 aliphatic carbocycles. The molecule has 2 amide bonds. The summed E-state index contributed by atoms with van der Waals surface area (Å²) in [6, 6.07) is 9.65. The van der Waals surface area contributed by atoms with Gasteiger partial charge >= 0.3 is 0 Å². The third-order valence-electron chi connectivity index (χ3n) is 3.80. The molecule has 0 spiro atoms. The van der Waals surface area contributed by atoms with Crippen molar-refractivity contribution in [1.29, 1.82) is 0 Å². The molecule has 0 fully saturated rings. The molecule has 0 radical (unpaired) electrons. The summed E-state index contributed by atoms with van der Waals surface area (Å²) in [5.74, 6) is 0.461. The minimum atomic E-state index is -0.369. The van der Waals surface area contributed by atoms with Crippen LogP contribution >= 0.6 is 46.3 Å². The largest absolute Gasteiger partial charge is 0.493 e. The topological polar surface area (TPSA) is 102 Å². The second-order valence-electron chi connectivity index (χ2n) is 5.86. The number of halogens is 2. The molecule has 12 heteroatoms. The Kier molecular flexibility index (Phi) is 7.97. The van der Waals surface area contributed by atoms with Crippen LogP contribution < -0.4 is 20.1 Å². The number of methoxy groups -OCH3 is 2. The van der Waals surface area contributed by atoms with Gasteiger partial charge in [-0.15, -0.1) is 10.2 Å². The summed E-state index contributed by atoms with van der Waals surface area (Å²) in [5, 5.41) is 14.4. The Labute approximate surface area is 196 Å². The standard InChI is InChI=1S/C19H16Cl2N4O4S2/c1-28-14-6-3-10(7-15(14)29-2)17(27)23-18-24-25-19(31-18)30-9-16(26)22-11-4-5-12(20)13(21)8-11/h3-8H,9H2,1-2H3,(H,22,26)(H,23,24,27). The molecule has 1 aromatic heterocycles.